The van der Waals surface area contributed by atoms with Crippen LogP contribution >= 0.6 is 11.3 Å². The van der Waals surface area contributed by atoms with Gasteiger partial charge in [-0.2, -0.15) is 0 Å². The monoisotopic (exact) mass is 384 g/mol. The van der Waals surface area contributed by atoms with Gasteiger partial charge in [-0.3, -0.25) is 9.10 Å². The van der Waals surface area contributed by atoms with Crippen LogP contribution in [0.4, 0.5) is 5.69 Å². The highest BCUT2D eigenvalue weighted by Gasteiger charge is 2.33. The van der Waals surface area contributed by atoms with Gasteiger partial charge in [-0.05, 0) is 36.8 Å². The lowest BCUT2D eigenvalue weighted by molar-refractivity contribution is 0.100. The number of rotatable bonds is 3. The average molecular weight is 384 g/mol. The number of carbonyl (C=O) groups is 1. The summed E-state index contributed by atoms with van der Waals surface area (Å²) in [5, 5.41) is 0. The minimum atomic E-state index is -3.72. The Morgan fingerprint density at radius 2 is 1.81 bits per heavy atom. The van der Waals surface area contributed by atoms with Gasteiger partial charge in [0.25, 0.3) is 15.9 Å². The van der Waals surface area contributed by atoms with Crippen LogP contribution in [-0.2, 0) is 16.6 Å². The van der Waals surface area contributed by atoms with E-state index in [2.05, 4.69) is 0 Å². The first-order chi connectivity index (χ1) is 12.4. The number of thiophene rings is 1. The van der Waals surface area contributed by atoms with E-state index in [0.717, 1.165) is 21.6 Å². The fraction of sp³-hybridized carbons (Fsp3) is 0.105. The lowest BCUT2D eigenvalue weighted by atomic mass is 10.0. The van der Waals surface area contributed by atoms with Crippen molar-refractivity contribution in [1.29, 1.82) is 0 Å². The molecule has 0 aliphatic carbocycles. The van der Waals surface area contributed by atoms with Gasteiger partial charge in [0.15, 0.2) is 0 Å². The number of aryl methyl sites for hydroxylation is 1. The van der Waals surface area contributed by atoms with Crippen LogP contribution in [0.25, 0.3) is 10.4 Å². The first kappa shape index (κ1) is 16.8. The summed E-state index contributed by atoms with van der Waals surface area (Å²) in [6, 6.07) is 15.8. The minimum absolute atomic E-state index is 0.173. The molecule has 0 saturated heterocycles. The van der Waals surface area contributed by atoms with Gasteiger partial charge in [0.1, 0.15) is 0 Å². The Bertz CT molecular complexity index is 1120. The van der Waals surface area contributed by atoms with Gasteiger partial charge < -0.3 is 5.73 Å². The van der Waals surface area contributed by atoms with Crippen molar-refractivity contribution in [2.24, 2.45) is 5.73 Å². The molecular weight excluding hydrogens is 368 g/mol. The van der Waals surface area contributed by atoms with E-state index in [1.54, 1.807) is 36.4 Å². The number of hydrogen-bond donors (Lipinski definition) is 1. The summed E-state index contributed by atoms with van der Waals surface area (Å²) in [5.74, 6) is -0.505. The number of benzene rings is 2. The van der Waals surface area contributed by atoms with E-state index in [1.165, 1.54) is 15.6 Å². The Morgan fingerprint density at radius 1 is 1.12 bits per heavy atom. The Balaban J connectivity index is 1.88. The molecule has 1 amide bonds. The Kier molecular flexibility index (Phi) is 3.86. The van der Waals surface area contributed by atoms with Crippen LogP contribution in [0.1, 0.15) is 20.8 Å². The normalized spacial score (nSPS) is 13.2. The third kappa shape index (κ3) is 2.60. The molecule has 132 valence electrons. The van der Waals surface area contributed by atoms with Crippen LogP contribution in [0.5, 0.6) is 0 Å². The number of nitrogens with zero attached hydrogens (tertiary/aromatic N) is 1. The molecule has 0 radical (unpaired) electrons. The molecule has 0 spiro atoms. The highest BCUT2D eigenvalue weighted by Crippen LogP contribution is 2.45. The molecule has 0 bridgehead atoms. The average Bonchev–Trinajstić information content (AvgIpc) is 3.06. The first-order valence-corrected chi connectivity index (χ1v) is 10.2. The van der Waals surface area contributed by atoms with Gasteiger partial charge in [-0.1, -0.05) is 35.9 Å². The summed E-state index contributed by atoms with van der Waals surface area (Å²) in [5.41, 5.74) is 8.60. The summed E-state index contributed by atoms with van der Waals surface area (Å²) in [6.07, 6.45) is 0. The molecule has 0 unspecified atom stereocenters. The number of para-hydroxylation sites is 1. The van der Waals surface area contributed by atoms with Gasteiger partial charge >= 0.3 is 0 Å². The van der Waals surface area contributed by atoms with Crippen LogP contribution < -0.4 is 10.0 Å². The van der Waals surface area contributed by atoms with E-state index in [4.69, 9.17) is 5.73 Å². The summed E-state index contributed by atoms with van der Waals surface area (Å²) in [6.45, 7) is 2.09. The molecule has 0 atom stereocenters. The fourth-order valence-corrected chi connectivity index (χ4v) is 5.59. The van der Waals surface area contributed by atoms with Crippen LogP contribution in [0.2, 0.25) is 0 Å². The van der Waals surface area contributed by atoms with Gasteiger partial charge in [-0.15, -0.1) is 11.3 Å². The van der Waals surface area contributed by atoms with Gasteiger partial charge in [-0.25, -0.2) is 8.42 Å². The Morgan fingerprint density at radius 3 is 2.50 bits per heavy atom. The van der Waals surface area contributed by atoms with Crippen LogP contribution in [-0.4, -0.2) is 14.3 Å². The molecule has 3 aromatic rings. The SMILES string of the molecule is Cc1ccc(S(=O)(=O)N2Cc3cc(C(N)=O)sc3-c3ccccc32)cc1. The van der Waals surface area contributed by atoms with Gasteiger partial charge in [0, 0.05) is 10.4 Å². The molecule has 0 fully saturated rings. The number of carbonyl (C=O) groups excluding carboxylic acids is 1. The van der Waals surface area contributed by atoms with Crippen molar-refractivity contribution in [3.63, 3.8) is 0 Å². The first-order valence-electron chi connectivity index (χ1n) is 7.99. The molecule has 26 heavy (non-hydrogen) atoms. The van der Waals surface area contributed by atoms with Gasteiger partial charge in [0.2, 0.25) is 0 Å². The smallest absolute Gasteiger partial charge is 0.264 e. The second-order valence-corrected chi connectivity index (χ2v) is 9.09. The van der Waals surface area contributed by atoms with Crippen molar-refractivity contribution < 1.29 is 13.2 Å². The number of fused-ring (bicyclic) bond motifs is 3. The Labute approximate surface area is 155 Å². The molecule has 1 aliphatic rings. The third-order valence-electron chi connectivity index (χ3n) is 4.39. The molecule has 1 aliphatic heterocycles. The highest BCUT2D eigenvalue weighted by molar-refractivity contribution is 7.92. The number of amides is 1. The molecule has 7 heteroatoms. The van der Waals surface area contributed by atoms with E-state index in [1.807, 2.05) is 25.1 Å². The number of nitrogens with two attached hydrogens (primary N) is 1. The summed E-state index contributed by atoms with van der Waals surface area (Å²) < 4.78 is 27.9. The summed E-state index contributed by atoms with van der Waals surface area (Å²) in [7, 11) is -3.72. The maximum atomic E-state index is 13.2. The fourth-order valence-electron chi connectivity index (χ4n) is 3.07. The van der Waals surface area contributed by atoms with Crippen molar-refractivity contribution in [1.82, 2.24) is 0 Å². The van der Waals surface area contributed by atoms with Crippen molar-refractivity contribution >= 4 is 33.0 Å². The Hall–Kier alpha value is -2.64. The maximum Gasteiger partial charge on any atom is 0.264 e. The molecule has 2 aromatic carbocycles. The molecule has 5 nitrogen and oxygen atoms in total. The molecule has 0 saturated carbocycles. The minimum Gasteiger partial charge on any atom is -0.365 e. The van der Waals surface area contributed by atoms with E-state index in [9.17, 15) is 13.2 Å². The van der Waals surface area contributed by atoms with Crippen molar-refractivity contribution in [2.45, 2.75) is 18.4 Å². The lowest BCUT2D eigenvalue weighted by Gasteiger charge is -2.30. The van der Waals surface area contributed by atoms with Crippen molar-refractivity contribution in [2.75, 3.05) is 4.31 Å². The zero-order valence-electron chi connectivity index (χ0n) is 14.0. The van der Waals surface area contributed by atoms with Crippen LogP contribution in [0.15, 0.2) is 59.5 Å². The molecular formula is C19H16N2O3S2. The zero-order chi connectivity index (χ0) is 18.5. The van der Waals surface area contributed by atoms with Crippen LogP contribution in [0, 0.1) is 6.92 Å². The lowest BCUT2D eigenvalue weighted by Crippen LogP contribution is -2.32. The van der Waals surface area contributed by atoms with Crippen LogP contribution in [0.3, 0.4) is 0 Å². The standard InChI is InChI=1S/C19H16N2O3S2/c1-12-6-8-14(9-7-12)26(23,24)21-11-13-10-17(19(20)22)25-18(13)15-4-2-3-5-16(15)21/h2-10H,11H2,1H3,(H2,20,22). The second-order valence-electron chi connectivity index (χ2n) is 6.17. The quantitative estimate of drug-likeness (QED) is 0.750. The number of anilines is 1. The van der Waals surface area contributed by atoms with Gasteiger partial charge in [0.05, 0.1) is 22.0 Å². The largest absolute Gasteiger partial charge is 0.365 e. The van der Waals surface area contributed by atoms with E-state index < -0.39 is 15.9 Å². The van der Waals surface area contributed by atoms with E-state index in [-0.39, 0.29) is 11.4 Å². The summed E-state index contributed by atoms with van der Waals surface area (Å²) in [4.78, 5) is 13.1. The predicted octanol–water partition coefficient (Wildman–Crippen LogP) is 3.53. The number of hydrogen-bond acceptors (Lipinski definition) is 4. The second kappa shape index (κ2) is 5.96. The number of sulfonamides is 1. The molecule has 2 N–H and O–H groups in total. The maximum absolute atomic E-state index is 13.2. The topological polar surface area (TPSA) is 80.5 Å². The third-order valence-corrected chi connectivity index (χ3v) is 7.39. The highest BCUT2D eigenvalue weighted by atomic mass is 32.2. The van der Waals surface area contributed by atoms with Crippen molar-refractivity contribution in [3.05, 3.63) is 70.6 Å². The molecule has 2 heterocycles. The number of primary amides is 1. The zero-order valence-corrected chi connectivity index (χ0v) is 15.6. The van der Waals surface area contributed by atoms with Crippen molar-refractivity contribution in [3.8, 4) is 10.4 Å². The summed E-state index contributed by atoms with van der Waals surface area (Å²) >= 11 is 1.30. The molecule has 1 aromatic heterocycles. The predicted molar refractivity (Wildman–Crippen MR) is 103 cm³/mol. The van der Waals surface area contributed by atoms with E-state index in [0.29, 0.717) is 10.6 Å². The molecule has 4 rings (SSSR count). The van der Waals surface area contributed by atoms with E-state index >= 15 is 0 Å².